The van der Waals surface area contributed by atoms with Crippen molar-refractivity contribution in [2.75, 3.05) is 39.8 Å². The van der Waals surface area contributed by atoms with Gasteiger partial charge in [0, 0.05) is 26.7 Å². The van der Waals surface area contributed by atoms with Gasteiger partial charge in [-0.2, -0.15) is 0 Å². The first kappa shape index (κ1) is 23.6. The van der Waals surface area contributed by atoms with Crippen LogP contribution in [0.15, 0.2) is 30.3 Å². The highest BCUT2D eigenvalue weighted by Gasteiger charge is 2.34. The molecule has 9 nitrogen and oxygen atoms in total. The monoisotopic (exact) mass is 444 g/mol. The smallest absolute Gasteiger partial charge is 0.242 e. The highest BCUT2D eigenvalue weighted by molar-refractivity contribution is 5.91. The van der Waals surface area contributed by atoms with E-state index in [0.717, 1.165) is 18.6 Å². The molecule has 2 aliphatic rings. The van der Waals surface area contributed by atoms with Crippen LogP contribution in [0.3, 0.4) is 0 Å². The fourth-order valence-electron chi connectivity index (χ4n) is 4.26. The van der Waals surface area contributed by atoms with E-state index >= 15 is 0 Å². The maximum Gasteiger partial charge on any atom is 0.242 e. The van der Waals surface area contributed by atoms with Gasteiger partial charge in [-0.05, 0) is 37.8 Å². The average molecular weight is 445 g/mol. The lowest BCUT2D eigenvalue weighted by Crippen LogP contribution is -2.50. The van der Waals surface area contributed by atoms with E-state index in [1.165, 1.54) is 4.90 Å². The van der Waals surface area contributed by atoms with Crippen molar-refractivity contribution in [3.63, 3.8) is 0 Å². The van der Waals surface area contributed by atoms with Gasteiger partial charge >= 0.3 is 0 Å². The van der Waals surface area contributed by atoms with E-state index in [1.807, 2.05) is 30.3 Å². The molecule has 2 atom stereocenters. The Morgan fingerprint density at radius 2 is 1.75 bits per heavy atom. The van der Waals surface area contributed by atoms with Gasteiger partial charge in [-0.25, -0.2) is 0 Å². The Kier molecular flexibility index (Phi) is 8.47. The minimum atomic E-state index is -0.467. The molecule has 2 aliphatic heterocycles. The van der Waals surface area contributed by atoms with Crippen LogP contribution in [0.1, 0.15) is 32.1 Å². The number of hydrogen-bond acceptors (Lipinski definition) is 5. The largest absolute Gasteiger partial charge is 0.493 e. The van der Waals surface area contributed by atoms with Crippen molar-refractivity contribution in [2.24, 2.45) is 5.92 Å². The Hall–Kier alpha value is -3.10. The number of likely N-dealkylation sites (tertiary alicyclic amines) is 2. The molecule has 32 heavy (non-hydrogen) atoms. The second-order valence-electron chi connectivity index (χ2n) is 8.17. The summed E-state index contributed by atoms with van der Waals surface area (Å²) in [5.74, 6) is -0.334. The quantitative estimate of drug-likeness (QED) is 0.609. The molecule has 0 bridgehead atoms. The summed E-state index contributed by atoms with van der Waals surface area (Å²) in [5, 5.41) is 5.29. The van der Waals surface area contributed by atoms with E-state index < -0.39 is 6.04 Å². The maximum absolute atomic E-state index is 12.6. The maximum atomic E-state index is 12.6. The Morgan fingerprint density at radius 1 is 1.00 bits per heavy atom. The van der Waals surface area contributed by atoms with Crippen molar-refractivity contribution in [3.8, 4) is 5.75 Å². The number of amides is 4. The molecule has 2 unspecified atom stereocenters. The number of piperidine rings is 1. The first-order chi connectivity index (χ1) is 15.5. The number of carbonyl (C=O) groups excluding carboxylic acids is 4. The molecule has 2 N–H and O–H groups in total. The Balaban J connectivity index is 1.42. The lowest BCUT2D eigenvalue weighted by molar-refractivity contribution is -0.140. The molecule has 0 saturated carbocycles. The molecular weight excluding hydrogens is 412 g/mol. The van der Waals surface area contributed by atoms with Gasteiger partial charge in [0.2, 0.25) is 23.6 Å². The van der Waals surface area contributed by atoms with Crippen molar-refractivity contribution >= 4 is 23.6 Å². The third kappa shape index (κ3) is 6.21. The lowest BCUT2D eigenvalue weighted by Gasteiger charge is -2.32. The number of rotatable bonds is 8. The summed E-state index contributed by atoms with van der Waals surface area (Å²) >= 11 is 0. The summed E-state index contributed by atoms with van der Waals surface area (Å²) in [6.45, 7) is 1.63. The van der Waals surface area contributed by atoms with Gasteiger partial charge in [0.25, 0.3) is 0 Å². The van der Waals surface area contributed by atoms with E-state index in [0.29, 0.717) is 32.5 Å². The molecule has 0 aromatic heterocycles. The van der Waals surface area contributed by atoms with Crippen LogP contribution in [-0.2, 0) is 19.2 Å². The van der Waals surface area contributed by atoms with Gasteiger partial charge in [-0.15, -0.1) is 0 Å². The molecule has 0 aliphatic carbocycles. The van der Waals surface area contributed by atoms with Gasteiger partial charge in [-0.1, -0.05) is 18.2 Å². The van der Waals surface area contributed by atoms with Crippen LogP contribution in [0.25, 0.3) is 0 Å². The normalized spacial score (nSPS) is 20.5. The van der Waals surface area contributed by atoms with Crippen LogP contribution < -0.4 is 15.4 Å². The van der Waals surface area contributed by atoms with Crippen LogP contribution in [0.2, 0.25) is 0 Å². The highest BCUT2D eigenvalue weighted by Crippen LogP contribution is 2.19. The fourth-order valence-corrected chi connectivity index (χ4v) is 4.26. The van der Waals surface area contributed by atoms with Crippen molar-refractivity contribution in [2.45, 2.75) is 38.1 Å². The second kappa shape index (κ2) is 11.5. The summed E-state index contributed by atoms with van der Waals surface area (Å²) in [6, 6.07) is 8.86. The summed E-state index contributed by atoms with van der Waals surface area (Å²) in [6.07, 6.45) is 3.06. The first-order valence-corrected chi connectivity index (χ1v) is 11.2. The topological polar surface area (TPSA) is 108 Å². The minimum absolute atomic E-state index is 0.0417. The van der Waals surface area contributed by atoms with Crippen molar-refractivity contribution in [1.82, 2.24) is 20.4 Å². The number of nitrogens with zero attached hydrogens (tertiary/aromatic N) is 2. The number of nitrogens with one attached hydrogen (secondary N) is 2. The van der Waals surface area contributed by atoms with Gasteiger partial charge in [0.05, 0.1) is 25.5 Å². The molecule has 1 aromatic rings. The average Bonchev–Trinajstić information content (AvgIpc) is 3.32. The number of benzene rings is 1. The van der Waals surface area contributed by atoms with Gasteiger partial charge in [-0.3, -0.25) is 19.2 Å². The van der Waals surface area contributed by atoms with Crippen LogP contribution in [0.4, 0.5) is 0 Å². The second-order valence-corrected chi connectivity index (χ2v) is 8.17. The zero-order valence-corrected chi connectivity index (χ0v) is 18.5. The summed E-state index contributed by atoms with van der Waals surface area (Å²) in [4.78, 5) is 52.9. The van der Waals surface area contributed by atoms with Crippen molar-refractivity contribution in [1.29, 1.82) is 0 Å². The molecule has 4 amide bonds. The minimum Gasteiger partial charge on any atom is -0.493 e. The summed E-state index contributed by atoms with van der Waals surface area (Å²) in [7, 11) is 1.55. The van der Waals surface area contributed by atoms with E-state index in [9.17, 15) is 19.2 Å². The molecule has 2 heterocycles. The number of carbonyl (C=O) groups is 4. The highest BCUT2D eigenvalue weighted by atomic mass is 16.5. The zero-order chi connectivity index (χ0) is 22.9. The van der Waals surface area contributed by atoms with Crippen LogP contribution in [0.5, 0.6) is 5.75 Å². The lowest BCUT2D eigenvalue weighted by atomic mass is 9.97. The number of ether oxygens (including phenoxy) is 1. The van der Waals surface area contributed by atoms with Crippen molar-refractivity contribution in [3.05, 3.63) is 30.3 Å². The van der Waals surface area contributed by atoms with E-state index in [-0.39, 0.29) is 49.1 Å². The van der Waals surface area contributed by atoms with Gasteiger partial charge < -0.3 is 25.2 Å². The summed E-state index contributed by atoms with van der Waals surface area (Å²) in [5.41, 5.74) is 0. The van der Waals surface area contributed by atoms with E-state index in [2.05, 4.69) is 10.6 Å². The molecule has 0 radical (unpaired) electrons. The molecule has 174 valence electrons. The Morgan fingerprint density at radius 3 is 2.50 bits per heavy atom. The number of likely N-dealkylation sites (N-methyl/N-ethyl adjacent to an activating group) is 1. The predicted octanol–water partition coefficient (Wildman–Crippen LogP) is 0.547. The van der Waals surface area contributed by atoms with E-state index in [4.69, 9.17) is 4.74 Å². The molecule has 9 heteroatoms. The molecular formula is C23H32N4O5. The standard InChI is InChI=1S/C23H32N4O5/c1-24-23(31)19-10-6-13-27(19)21(29)15-25-22(30)17-7-5-12-26(16-17)20(28)11-14-32-18-8-3-2-4-9-18/h2-4,8-9,17,19H,5-7,10-16H2,1H3,(H,24,31)(H,25,30). The van der Waals surface area contributed by atoms with Gasteiger partial charge in [0.1, 0.15) is 11.8 Å². The SMILES string of the molecule is CNC(=O)C1CCCN1C(=O)CNC(=O)C1CCCN(C(=O)CCOc2ccccc2)C1. The number of para-hydroxylation sites is 1. The van der Waals surface area contributed by atoms with Crippen LogP contribution in [-0.4, -0.2) is 79.3 Å². The van der Waals surface area contributed by atoms with E-state index in [1.54, 1.807) is 11.9 Å². The number of hydrogen-bond donors (Lipinski definition) is 2. The predicted molar refractivity (Wildman–Crippen MR) is 118 cm³/mol. The Labute approximate surface area is 188 Å². The molecule has 2 fully saturated rings. The third-order valence-electron chi connectivity index (χ3n) is 6.01. The van der Waals surface area contributed by atoms with Crippen molar-refractivity contribution < 1.29 is 23.9 Å². The summed E-state index contributed by atoms with van der Waals surface area (Å²) < 4.78 is 5.59. The molecule has 3 rings (SSSR count). The molecule has 1 aromatic carbocycles. The first-order valence-electron chi connectivity index (χ1n) is 11.2. The molecule has 2 saturated heterocycles. The van der Waals surface area contributed by atoms with Crippen LogP contribution in [0, 0.1) is 5.92 Å². The fraction of sp³-hybridized carbons (Fsp3) is 0.565. The molecule has 0 spiro atoms. The Bertz CT molecular complexity index is 816. The van der Waals surface area contributed by atoms with Gasteiger partial charge in [0.15, 0.2) is 0 Å². The van der Waals surface area contributed by atoms with Crippen LogP contribution >= 0.6 is 0 Å². The zero-order valence-electron chi connectivity index (χ0n) is 18.5. The third-order valence-corrected chi connectivity index (χ3v) is 6.01.